The summed E-state index contributed by atoms with van der Waals surface area (Å²) in [6.07, 6.45) is 0. The summed E-state index contributed by atoms with van der Waals surface area (Å²) in [5, 5.41) is 0. The van der Waals surface area contributed by atoms with Gasteiger partial charge in [-0.25, -0.2) is 0 Å². The van der Waals surface area contributed by atoms with E-state index in [1.54, 1.807) is 24.3 Å². The van der Waals surface area contributed by atoms with E-state index in [0.29, 0.717) is 23.1 Å². The first-order valence-corrected chi connectivity index (χ1v) is 9.68. The Morgan fingerprint density at radius 2 is 1.87 bits per heavy atom. The maximum Gasteiger partial charge on any atom is 0.276 e. The smallest absolute Gasteiger partial charge is 0.276 e. The third-order valence-electron chi connectivity index (χ3n) is 4.68. The molecular weight excluding hydrogens is 386 g/mol. The summed E-state index contributed by atoms with van der Waals surface area (Å²) in [4.78, 5) is 37.6. The lowest BCUT2D eigenvalue weighted by atomic mass is 9.98. The van der Waals surface area contributed by atoms with Crippen molar-refractivity contribution in [3.63, 3.8) is 0 Å². The van der Waals surface area contributed by atoms with Crippen LogP contribution in [-0.4, -0.2) is 37.5 Å². The van der Waals surface area contributed by atoms with E-state index in [2.05, 4.69) is 24.7 Å². The largest absolute Gasteiger partial charge is 0.484 e. The summed E-state index contributed by atoms with van der Waals surface area (Å²) in [5.41, 5.74) is 7.42. The maximum atomic E-state index is 12.2. The molecule has 8 heteroatoms. The number of nitrogens with zero attached hydrogens (tertiary/aromatic N) is 1. The Morgan fingerprint density at radius 1 is 1.13 bits per heavy atom. The molecule has 0 unspecified atom stereocenters. The summed E-state index contributed by atoms with van der Waals surface area (Å²) in [6, 6.07) is 12.6. The van der Waals surface area contributed by atoms with E-state index in [-0.39, 0.29) is 25.7 Å². The number of nitrogens with one attached hydrogen (secondary N) is 2. The molecule has 0 saturated heterocycles. The number of carbonyl (C=O) groups is 3. The summed E-state index contributed by atoms with van der Waals surface area (Å²) >= 11 is 0. The second-order valence-electron chi connectivity index (χ2n) is 7.29. The quantitative estimate of drug-likeness (QED) is 0.710. The number of ether oxygens (including phenoxy) is 2. The molecule has 8 nitrogen and oxygen atoms in total. The second kappa shape index (κ2) is 9.30. The molecule has 3 rings (SSSR count). The number of aryl methyl sites for hydroxylation is 1. The molecule has 0 atom stereocenters. The highest BCUT2D eigenvalue weighted by Crippen LogP contribution is 2.31. The van der Waals surface area contributed by atoms with Crippen LogP contribution < -0.4 is 25.2 Å². The van der Waals surface area contributed by atoms with Crippen molar-refractivity contribution in [2.45, 2.75) is 26.7 Å². The Balaban J connectivity index is 1.48. The minimum Gasteiger partial charge on any atom is -0.484 e. The second-order valence-corrected chi connectivity index (χ2v) is 7.29. The van der Waals surface area contributed by atoms with Gasteiger partial charge in [0.05, 0.1) is 5.69 Å². The lowest BCUT2D eigenvalue weighted by Crippen LogP contribution is -2.50. The Bertz CT molecular complexity index is 958. The number of anilines is 1. The average Bonchev–Trinajstić information content (AvgIpc) is 2.72. The maximum absolute atomic E-state index is 12.2. The molecule has 1 heterocycles. The number of rotatable bonds is 6. The van der Waals surface area contributed by atoms with Crippen LogP contribution >= 0.6 is 0 Å². The lowest BCUT2D eigenvalue weighted by molar-refractivity contribution is -0.130. The standard InChI is InChI=1S/C22H25N3O5/c1-14(2)17-9-8-16(10-15(17)3)29-12-21(27)24-23-20(26)11-25-18-6-4-5-7-19(18)30-13-22(25)28/h4-10,14H,11-13H2,1-3H3,(H,23,26)(H,24,27). The van der Waals surface area contributed by atoms with Gasteiger partial charge in [-0.1, -0.05) is 32.0 Å². The first-order valence-electron chi connectivity index (χ1n) is 9.68. The summed E-state index contributed by atoms with van der Waals surface area (Å²) < 4.78 is 10.8. The fourth-order valence-electron chi connectivity index (χ4n) is 3.22. The van der Waals surface area contributed by atoms with Crippen molar-refractivity contribution in [2.24, 2.45) is 0 Å². The zero-order valence-electron chi connectivity index (χ0n) is 17.2. The molecule has 3 amide bonds. The van der Waals surface area contributed by atoms with E-state index < -0.39 is 11.8 Å². The predicted octanol–water partition coefficient (Wildman–Crippen LogP) is 2.07. The molecule has 0 aromatic heterocycles. The van der Waals surface area contributed by atoms with Gasteiger partial charge in [0.2, 0.25) is 0 Å². The molecule has 0 radical (unpaired) electrons. The first kappa shape index (κ1) is 21.2. The number of hydrogen-bond acceptors (Lipinski definition) is 5. The fraction of sp³-hybridized carbons (Fsp3) is 0.318. The normalized spacial score (nSPS) is 12.8. The van der Waals surface area contributed by atoms with E-state index >= 15 is 0 Å². The van der Waals surface area contributed by atoms with Gasteiger partial charge >= 0.3 is 0 Å². The van der Waals surface area contributed by atoms with Crippen LogP contribution in [0.1, 0.15) is 30.9 Å². The third-order valence-corrected chi connectivity index (χ3v) is 4.68. The minimum atomic E-state index is -0.537. The topological polar surface area (TPSA) is 97.0 Å². The van der Waals surface area contributed by atoms with Gasteiger partial charge in [0.15, 0.2) is 13.2 Å². The molecule has 2 aromatic rings. The predicted molar refractivity (Wildman–Crippen MR) is 111 cm³/mol. The molecule has 1 aliphatic heterocycles. The van der Waals surface area contributed by atoms with Gasteiger partial charge < -0.3 is 9.47 Å². The Hall–Kier alpha value is -3.55. The van der Waals surface area contributed by atoms with Crippen LogP contribution in [-0.2, 0) is 14.4 Å². The van der Waals surface area contributed by atoms with E-state index in [1.807, 2.05) is 25.1 Å². The molecule has 30 heavy (non-hydrogen) atoms. The molecule has 2 N–H and O–H groups in total. The van der Waals surface area contributed by atoms with Crippen LogP contribution in [0.25, 0.3) is 0 Å². The van der Waals surface area contributed by atoms with Gasteiger partial charge in [-0.3, -0.25) is 30.1 Å². The first-order chi connectivity index (χ1) is 14.3. The van der Waals surface area contributed by atoms with Crippen molar-refractivity contribution in [3.05, 3.63) is 53.6 Å². The van der Waals surface area contributed by atoms with Crippen molar-refractivity contribution in [1.29, 1.82) is 0 Å². The number of para-hydroxylation sites is 2. The van der Waals surface area contributed by atoms with Gasteiger partial charge in [0, 0.05) is 0 Å². The summed E-state index contributed by atoms with van der Waals surface area (Å²) in [5.74, 6) is 0.129. The van der Waals surface area contributed by atoms with Crippen molar-refractivity contribution in [1.82, 2.24) is 10.9 Å². The van der Waals surface area contributed by atoms with Crippen LogP contribution in [0.2, 0.25) is 0 Å². The highest BCUT2D eigenvalue weighted by Gasteiger charge is 2.27. The monoisotopic (exact) mass is 411 g/mol. The van der Waals surface area contributed by atoms with Gasteiger partial charge in [-0.2, -0.15) is 0 Å². The zero-order valence-corrected chi connectivity index (χ0v) is 17.2. The van der Waals surface area contributed by atoms with Gasteiger partial charge in [-0.15, -0.1) is 0 Å². The minimum absolute atomic E-state index is 0.139. The van der Waals surface area contributed by atoms with Gasteiger partial charge in [0.25, 0.3) is 17.7 Å². The molecule has 158 valence electrons. The van der Waals surface area contributed by atoms with Crippen LogP contribution in [0, 0.1) is 6.92 Å². The molecule has 0 saturated carbocycles. The zero-order chi connectivity index (χ0) is 21.7. The molecule has 0 fully saturated rings. The highest BCUT2D eigenvalue weighted by molar-refractivity contribution is 6.02. The number of benzene rings is 2. The molecule has 1 aliphatic rings. The molecule has 2 aromatic carbocycles. The highest BCUT2D eigenvalue weighted by atomic mass is 16.5. The number of carbonyl (C=O) groups excluding carboxylic acids is 3. The Morgan fingerprint density at radius 3 is 2.60 bits per heavy atom. The van der Waals surface area contributed by atoms with Crippen LogP contribution in [0.5, 0.6) is 11.5 Å². The fourth-order valence-corrected chi connectivity index (χ4v) is 3.22. The lowest BCUT2D eigenvalue weighted by Gasteiger charge is -2.28. The van der Waals surface area contributed by atoms with E-state index in [4.69, 9.17) is 9.47 Å². The SMILES string of the molecule is Cc1cc(OCC(=O)NNC(=O)CN2C(=O)COc3ccccc32)ccc1C(C)C. The van der Waals surface area contributed by atoms with Gasteiger partial charge in [-0.05, 0) is 48.2 Å². The number of hydrogen-bond donors (Lipinski definition) is 2. The van der Waals surface area contributed by atoms with Crippen molar-refractivity contribution in [3.8, 4) is 11.5 Å². The van der Waals surface area contributed by atoms with Crippen LogP contribution in [0.4, 0.5) is 5.69 Å². The number of hydrazine groups is 1. The number of amides is 3. The number of fused-ring (bicyclic) bond motifs is 1. The molecule has 0 aliphatic carbocycles. The molecular formula is C22H25N3O5. The van der Waals surface area contributed by atoms with Crippen molar-refractivity contribution < 1.29 is 23.9 Å². The average molecular weight is 411 g/mol. The summed E-state index contributed by atoms with van der Waals surface area (Å²) in [6.45, 7) is 5.59. The van der Waals surface area contributed by atoms with Crippen LogP contribution in [0.15, 0.2) is 42.5 Å². The van der Waals surface area contributed by atoms with E-state index in [0.717, 1.165) is 5.56 Å². The van der Waals surface area contributed by atoms with E-state index in [9.17, 15) is 14.4 Å². The molecule has 0 spiro atoms. The Kier molecular flexibility index (Phi) is 6.56. The van der Waals surface area contributed by atoms with Crippen LogP contribution in [0.3, 0.4) is 0 Å². The van der Waals surface area contributed by atoms with Crippen molar-refractivity contribution in [2.75, 3.05) is 24.7 Å². The third kappa shape index (κ3) is 5.08. The van der Waals surface area contributed by atoms with Crippen molar-refractivity contribution >= 4 is 23.4 Å². The Labute approximate surface area is 175 Å². The molecule has 0 bridgehead atoms. The summed E-state index contributed by atoms with van der Waals surface area (Å²) in [7, 11) is 0. The van der Waals surface area contributed by atoms with Gasteiger partial charge in [0.1, 0.15) is 18.0 Å². The van der Waals surface area contributed by atoms with E-state index in [1.165, 1.54) is 10.5 Å².